The molecule has 460 valence electrons. The molecule has 3 fully saturated rings. The fourth-order valence-electron chi connectivity index (χ4n) is 11.9. The lowest BCUT2D eigenvalue weighted by Gasteiger charge is -2.39. The summed E-state index contributed by atoms with van der Waals surface area (Å²) in [6.07, 6.45) is 24.0. The molecule has 3 aliphatic heterocycles. The number of likely N-dealkylation sites (tertiary alicyclic amines) is 1. The van der Waals surface area contributed by atoms with Crippen molar-refractivity contribution in [3.8, 4) is 11.1 Å². The Kier molecular flexibility index (Phi) is 30.1. The van der Waals surface area contributed by atoms with E-state index in [1.165, 1.54) is 191 Å². The number of carbonyl (C=O) groups is 2. The average molecular weight is 1180 g/mol. The molecule has 2 bridgehead atoms. The van der Waals surface area contributed by atoms with E-state index in [9.17, 15) is 18.0 Å². The van der Waals surface area contributed by atoms with Gasteiger partial charge < -0.3 is 37.1 Å². The lowest BCUT2D eigenvalue weighted by molar-refractivity contribution is -0.929. The van der Waals surface area contributed by atoms with E-state index >= 15 is 0 Å². The summed E-state index contributed by atoms with van der Waals surface area (Å²) in [5, 5.41) is 4.85. The van der Waals surface area contributed by atoms with E-state index in [4.69, 9.17) is 31.3 Å². The van der Waals surface area contributed by atoms with Gasteiger partial charge in [-0.05, 0) is 99.3 Å². The summed E-state index contributed by atoms with van der Waals surface area (Å²) < 4.78 is 84.1. The number of hydrogen-bond donors (Lipinski definition) is 1. The molecule has 3 amide bonds. The van der Waals surface area contributed by atoms with Crippen molar-refractivity contribution in [3.05, 3.63) is 71.4 Å². The molecule has 7 rings (SSSR count). The third-order valence-corrected chi connectivity index (χ3v) is 16.9. The van der Waals surface area contributed by atoms with E-state index < -0.39 is 38.9 Å². The minimum atomic E-state index is -5.17. The van der Waals surface area contributed by atoms with Gasteiger partial charge in [-0.15, -0.1) is 4.28 Å². The zero-order valence-corrected chi connectivity index (χ0v) is 52.1. The van der Waals surface area contributed by atoms with Gasteiger partial charge in [-0.3, -0.25) is 13.0 Å². The van der Waals surface area contributed by atoms with Gasteiger partial charge in [-0.2, -0.15) is 18.5 Å². The largest absolute Gasteiger partial charge is 0.759 e. The second-order valence-corrected chi connectivity index (χ2v) is 24.6. The van der Waals surface area contributed by atoms with Crippen LogP contribution in [-0.4, -0.2) is 161 Å². The first-order valence-electron chi connectivity index (χ1n) is 30.8. The zero-order valence-electron chi connectivity index (χ0n) is 50.4. The second kappa shape index (κ2) is 35.2. The molecule has 0 unspecified atom stereocenters. The lowest BCUT2D eigenvalue weighted by atomic mass is 9.96. The van der Waals surface area contributed by atoms with Crippen LogP contribution in [0, 0.1) is 0 Å². The van der Waals surface area contributed by atoms with Gasteiger partial charge in [0.1, 0.15) is 12.6 Å². The summed E-state index contributed by atoms with van der Waals surface area (Å²) in [5.41, 5.74) is 4.70. The van der Waals surface area contributed by atoms with Crippen molar-refractivity contribution in [2.75, 3.05) is 78.6 Å². The quantitative estimate of drug-likeness (QED) is 0.0371. The maximum absolute atomic E-state index is 13.0. The molecule has 19 nitrogen and oxygen atoms in total. The van der Waals surface area contributed by atoms with Gasteiger partial charge in [0.25, 0.3) is 0 Å². The zero-order chi connectivity index (χ0) is 59.5. The van der Waals surface area contributed by atoms with Crippen molar-refractivity contribution in [1.29, 1.82) is 0 Å². The first-order valence-corrected chi connectivity index (χ1v) is 33.5. The predicted octanol–water partition coefficient (Wildman–Crippen LogP) is 12.5. The van der Waals surface area contributed by atoms with Crippen LogP contribution in [0.25, 0.3) is 11.1 Å². The topological polar surface area (TPSA) is 236 Å². The first-order chi connectivity index (χ1) is 38.8. The van der Waals surface area contributed by atoms with Crippen molar-refractivity contribution >= 4 is 32.9 Å². The highest BCUT2D eigenvalue weighted by Crippen LogP contribution is 2.45. The highest BCUT2D eigenvalue weighted by atomic mass is 32.3. The van der Waals surface area contributed by atoms with Crippen molar-refractivity contribution in [1.82, 2.24) is 25.0 Å². The number of amides is 3. The summed E-state index contributed by atoms with van der Waals surface area (Å²) in [7, 11) is -9.99. The Bertz CT molecular complexity index is 2360. The Morgan fingerprint density at radius 2 is 1.04 bits per heavy atom. The molecule has 81 heavy (non-hydrogen) atoms. The summed E-state index contributed by atoms with van der Waals surface area (Å²) >= 11 is 0. The number of hydroxylamine groups is 2. The van der Waals surface area contributed by atoms with Gasteiger partial charge in [0.05, 0.1) is 58.4 Å². The predicted molar refractivity (Wildman–Crippen MR) is 314 cm³/mol. The molecule has 21 heteroatoms. The summed E-state index contributed by atoms with van der Waals surface area (Å²) in [6.45, 7) is 31.5. The van der Waals surface area contributed by atoms with Crippen LogP contribution in [0.15, 0.2) is 53.1 Å². The van der Waals surface area contributed by atoms with Gasteiger partial charge in [-0.1, -0.05) is 160 Å². The molecule has 0 radical (unpaired) electrons. The smallest absolute Gasteiger partial charge is 0.418 e. The average Bonchev–Trinajstić information content (AvgIpc) is 4.24. The van der Waals surface area contributed by atoms with Crippen LogP contribution in [0.4, 0.5) is 9.59 Å². The molecular weight excluding hydrogens is 1070 g/mol. The van der Waals surface area contributed by atoms with E-state index in [-0.39, 0.29) is 37.0 Å². The molecule has 0 saturated carbocycles. The van der Waals surface area contributed by atoms with Crippen LogP contribution in [-0.2, 0) is 29.8 Å². The maximum Gasteiger partial charge on any atom is 0.418 e. The van der Waals surface area contributed by atoms with Crippen LogP contribution in [0.3, 0.4) is 0 Å². The SMILES string of the molecule is CCCC[N+](CCCC)(CCCC)CCCC.CCCC[N+](CCCC)(CCCC)CCCC.O=C(OCC1c2ccccc2-c2ccccc21)N1CCC(c2noc([C@@H]3CC[C@@H]4CN3C(=O)N4OS(=O)(=O)O)n2)CC1.O=S(=O)([O-])[O-]. The summed E-state index contributed by atoms with van der Waals surface area (Å²) in [6, 6.07) is 14.7. The number of aromatic nitrogens is 2. The van der Waals surface area contributed by atoms with E-state index in [0.717, 1.165) is 0 Å². The molecule has 4 aliphatic rings. The molecule has 1 aliphatic carbocycles. The molecule has 1 aromatic heterocycles. The summed E-state index contributed by atoms with van der Waals surface area (Å²) in [5.74, 6) is 0.757. The summed E-state index contributed by atoms with van der Waals surface area (Å²) in [4.78, 5) is 33.4. The standard InChI is InChI=1S/C28H29N5O8S.2C16H36N.H2O4S/c34-27-32-15-18(33(27)41-42(36,37)38)9-10-24(32)26-29-25(30-40-26)17-11-13-31(14-12-17)28(35)39-16-23-21-7-3-1-5-19(21)20-6-2-4-8-22(20)23;2*1-5-9-13-17(14-10-6-2,15-11-7-3)16-12-8-4;1-5(2,3)4/h1-8,17-18,23-24H,9-16H2,(H,36,37,38);2*5-16H2,1-4H3;(H2,1,2,3,4)/q;2*+1;/p-2/t18-,24+;;;/m1.../s1. The normalized spacial score (nSPS) is 17.4. The van der Waals surface area contributed by atoms with Crippen LogP contribution in [0.2, 0.25) is 0 Å². The highest BCUT2D eigenvalue weighted by molar-refractivity contribution is 7.80. The second-order valence-electron chi connectivity index (χ2n) is 22.8. The first kappa shape index (κ1) is 69.3. The lowest BCUT2D eigenvalue weighted by Crippen LogP contribution is -2.50. The fraction of sp³-hybridized carbons (Fsp3) is 0.733. The molecule has 0 spiro atoms. The van der Waals surface area contributed by atoms with E-state index in [2.05, 4.69) is 94.1 Å². The third kappa shape index (κ3) is 22.4. The monoisotopic (exact) mass is 1180 g/mol. The van der Waals surface area contributed by atoms with Crippen molar-refractivity contribution in [2.45, 2.75) is 208 Å². The molecule has 2 atom stereocenters. The van der Waals surface area contributed by atoms with E-state index in [1.54, 1.807) is 4.90 Å². The van der Waals surface area contributed by atoms with E-state index in [1.807, 2.05) is 24.3 Å². The van der Waals surface area contributed by atoms with Gasteiger partial charge in [0.15, 0.2) is 5.82 Å². The maximum atomic E-state index is 13.0. The number of ether oxygens (including phenoxy) is 1. The number of nitrogens with zero attached hydrogens (tertiary/aromatic N) is 7. The molecule has 4 heterocycles. The Labute approximate surface area is 487 Å². The molecular formula is C60H101N7O12S2. The Morgan fingerprint density at radius 1 is 0.642 bits per heavy atom. The van der Waals surface area contributed by atoms with Crippen molar-refractivity contribution in [2.24, 2.45) is 0 Å². The highest BCUT2D eigenvalue weighted by Gasteiger charge is 2.49. The van der Waals surface area contributed by atoms with Crippen LogP contribution >= 0.6 is 0 Å². The molecule has 2 aromatic carbocycles. The minimum Gasteiger partial charge on any atom is -0.759 e. The Balaban J connectivity index is 0.000000300. The minimum absolute atomic E-state index is 0.000814. The van der Waals surface area contributed by atoms with Gasteiger partial charge in [0.2, 0.25) is 5.89 Å². The number of urea groups is 1. The van der Waals surface area contributed by atoms with Crippen molar-refractivity contribution in [3.63, 3.8) is 0 Å². The number of hydrogen-bond acceptors (Lipinski definition) is 13. The number of piperidine rings is 2. The van der Waals surface area contributed by atoms with Crippen LogP contribution in [0.5, 0.6) is 0 Å². The number of rotatable bonds is 30. The number of benzene rings is 2. The third-order valence-electron chi connectivity index (χ3n) is 16.6. The molecule has 1 N–H and O–H groups in total. The molecule has 3 aromatic rings. The van der Waals surface area contributed by atoms with Crippen molar-refractivity contribution < 1.29 is 62.6 Å². The Hall–Kier alpha value is -4.22. The van der Waals surface area contributed by atoms with Crippen LogP contribution in [0.1, 0.15) is 225 Å². The van der Waals surface area contributed by atoms with E-state index in [0.29, 0.717) is 49.7 Å². The van der Waals surface area contributed by atoms with Gasteiger partial charge in [0, 0.05) is 41.9 Å². The number of carbonyl (C=O) groups excluding carboxylic acids is 2. The van der Waals surface area contributed by atoms with Crippen LogP contribution < -0.4 is 0 Å². The molecule has 3 saturated heterocycles. The Morgan fingerprint density at radius 3 is 1.42 bits per heavy atom. The fourth-order valence-corrected chi connectivity index (χ4v) is 12.3. The number of unbranched alkanes of at least 4 members (excludes halogenated alkanes) is 8. The van der Waals surface area contributed by atoms with Gasteiger partial charge in [-0.25, -0.2) is 9.59 Å². The number of fused-ring (bicyclic) bond motifs is 5. The van der Waals surface area contributed by atoms with Gasteiger partial charge >= 0.3 is 22.5 Å². The number of quaternary nitrogens is 2.